The molecule has 6 heteroatoms. The van der Waals surface area contributed by atoms with Crippen LogP contribution in [0.15, 0.2) is 73.0 Å². The fourth-order valence-corrected chi connectivity index (χ4v) is 9.23. The minimum atomic E-state index is -2.47. The Morgan fingerprint density at radius 3 is 2.12 bits per heavy atom. The number of carbonyl (C=O) groups excluding carboxylic acids is 1. The fourth-order valence-electron chi connectivity index (χ4n) is 4.59. The van der Waals surface area contributed by atoms with Gasteiger partial charge in [0, 0.05) is 18.7 Å². The van der Waals surface area contributed by atoms with Gasteiger partial charge < -0.3 is 14.5 Å². The topological polar surface area (TPSA) is 59.6 Å². The maximum atomic E-state index is 11.7. The lowest BCUT2D eigenvalue weighted by atomic mass is 9.81. The van der Waals surface area contributed by atoms with Gasteiger partial charge in [-0.1, -0.05) is 81.4 Å². The number of hydrogen-bond acceptors (Lipinski definition) is 4. The third-order valence-corrected chi connectivity index (χ3v) is 11.3. The molecule has 0 bridgehead atoms. The molecule has 5 nitrogen and oxygen atoms in total. The van der Waals surface area contributed by atoms with E-state index in [9.17, 15) is 4.79 Å². The van der Waals surface area contributed by atoms with Crippen molar-refractivity contribution in [2.75, 3.05) is 19.9 Å². The highest BCUT2D eigenvalue weighted by Crippen LogP contribution is 2.38. The minimum absolute atomic E-state index is 0.00358. The molecule has 1 amide bonds. The van der Waals surface area contributed by atoms with Crippen LogP contribution in [0.25, 0.3) is 0 Å². The Bertz CT molecular complexity index is 851. The van der Waals surface area contributed by atoms with E-state index >= 15 is 0 Å². The summed E-state index contributed by atoms with van der Waals surface area (Å²) in [6, 6.07) is 22.0. The van der Waals surface area contributed by atoms with Crippen molar-refractivity contribution in [3.8, 4) is 0 Å². The lowest BCUT2D eigenvalue weighted by molar-refractivity contribution is -0.116. The number of amides is 1. The molecule has 0 unspecified atom stereocenters. The van der Waals surface area contributed by atoms with Crippen molar-refractivity contribution in [1.29, 1.82) is 0 Å². The molecule has 1 saturated carbocycles. The molecule has 3 rings (SSSR count). The number of benzene rings is 2. The van der Waals surface area contributed by atoms with Gasteiger partial charge in [-0.25, -0.2) is 0 Å². The van der Waals surface area contributed by atoms with Crippen molar-refractivity contribution in [1.82, 2.24) is 10.6 Å². The van der Waals surface area contributed by atoms with Crippen LogP contribution in [0, 0.1) is 5.92 Å². The van der Waals surface area contributed by atoms with Gasteiger partial charge in [-0.15, -0.1) is 0 Å². The van der Waals surface area contributed by atoms with Gasteiger partial charge in [0.2, 0.25) is 5.91 Å². The van der Waals surface area contributed by atoms with Gasteiger partial charge in [0.25, 0.3) is 8.32 Å². The standard InChI is InChI=1S/C27H38N2O3Si/c1-5-31-17-16-26(30)29-21-28-23-18-22(19-23)20-32-33(27(2,3)4,24-12-8-6-9-13-24)25-14-10-7-11-15-25/h6-17,22-23,28H,5,18-21H2,1-4H3,(H,29,30). The summed E-state index contributed by atoms with van der Waals surface area (Å²) in [7, 11) is -2.47. The average molecular weight is 467 g/mol. The summed E-state index contributed by atoms with van der Waals surface area (Å²) in [6.07, 6.45) is 4.95. The Kier molecular flexibility index (Phi) is 8.89. The van der Waals surface area contributed by atoms with E-state index in [1.807, 2.05) is 6.92 Å². The van der Waals surface area contributed by atoms with E-state index in [2.05, 4.69) is 92.1 Å². The van der Waals surface area contributed by atoms with Crippen molar-refractivity contribution in [3.63, 3.8) is 0 Å². The Morgan fingerprint density at radius 2 is 1.61 bits per heavy atom. The zero-order valence-electron chi connectivity index (χ0n) is 20.3. The molecule has 0 heterocycles. The first-order chi connectivity index (χ1) is 15.9. The third-order valence-electron chi connectivity index (χ3n) is 6.32. The van der Waals surface area contributed by atoms with Gasteiger partial charge in [0.1, 0.15) is 0 Å². The number of rotatable bonds is 11. The van der Waals surface area contributed by atoms with Gasteiger partial charge in [-0.3, -0.25) is 10.1 Å². The van der Waals surface area contributed by atoms with E-state index < -0.39 is 8.32 Å². The van der Waals surface area contributed by atoms with Gasteiger partial charge >= 0.3 is 0 Å². The molecule has 33 heavy (non-hydrogen) atoms. The zero-order valence-corrected chi connectivity index (χ0v) is 21.3. The lowest BCUT2D eigenvalue weighted by Gasteiger charge is -2.45. The largest absolute Gasteiger partial charge is 0.501 e. The first-order valence-corrected chi connectivity index (χ1v) is 13.8. The average Bonchev–Trinajstić information content (AvgIpc) is 2.77. The third kappa shape index (κ3) is 6.34. The monoisotopic (exact) mass is 466 g/mol. The second-order valence-corrected chi connectivity index (χ2v) is 14.0. The molecular weight excluding hydrogens is 428 g/mol. The van der Waals surface area contributed by atoms with Crippen molar-refractivity contribution >= 4 is 24.6 Å². The Hall–Kier alpha value is -2.41. The molecular formula is C27H38N2O3Si. The normalized spacial score (nSPS) is 18.7. The smallest absolute Gasteiger partial charge is 0.261 e. The van der Waals surface area contributed by atoms with E-state index in [-0.39, 0.29) is 10.9 Å². The van der Waals surface area contributed by atoms with Crippen molar-refractivity contribution in [3.05, 3.63) is 73.0 Å². The van der Waals surface area contributed by atoms with Crippen LogP contribution >= 0.6 is 0 Å². The first kappa shape index (κ1) is 25.2. The molecule has 0 atom stereocenters. The van der Waals surface area contributed by atoms with Crippen LogP contribution in [0.5, 0.6) is 0 Å². The van der Waals surface area contributed by atoms with Gasteiger partial charge in [-0.2, -0.15) is 0 Å². The van der Waals surface area contributed by atoms with Crippen LogP contribution in [0.3, 0.4) is 0 Å². The van der Waals surface area contributed by atoms with Crippen LogP contribution in [0.4, 0.5) is 0 Å². The Morgan fingerprint density at radius 1 is 1.03 bits per heavy atom. The maximum Gasteiger partial charge on any atom is 0.261 e. The maximum absolute atomic E-state index is 11.7. The van der Waals surface area contributed by atoms with Crippen LogP contribution in [0.2, 0.25) is 5.04 Å². The molecule has 0 saturated heterocycles. The Labute approximate surface area is 199 Å². The molecule has 0 radical (unpaired) electrons. The van der Waals surface area contributed by atoms with Gasteiger partial charge in [0.15, 0.2) is 0 Å². The number of ether oxygens (including phenoxy) is 1. The van der Waals surface area contributed by atoms with Crippen LogP contribution in [-0.2, 0) is 14.0 Å². The predicted molar refractivity (Wildman–Crippen MR) is 137 cm³/mol. The van der Waals surface area contributed by atoms with Gasteiger partial charge in [-0.05, 0) is 41.1 Å². The SMILES string of the molecule is CCOC=CC(=O)NCNC1CC(CO[Si](c2ccccc2)(c2ccccc2)C(C)(C)C)C1. The second-order valence-electron chi connectivity index (χ2n) is 9.69. The van der Waals surface area contributed by atoms with Crippen LogP contribution < -0.4 is 21.0 Å². The summed E-state index contributed by atoms with van der Waals surface area (Å²) >= 11 is 0. The molecule has 2 aromatic carbocycles. The first-order valence-electron chi connectivity index (χ1n) is 11.9. The summed E-state index contributed by atoms with van der Waals surface area (Å²) in [5, 5.41) is 8.88. The summed E-state index contributed by atoms with van der Waals surface area (Å²) in [4.78, 5) is 11.7. The number of nitrogens with one attached hydrogen (secondary N) is 2. The predicted octanol–water partition coefficient (Wildman–Crippen LogP) is 3.56. The van der Waals surface area contributed by atoms with E-state index in [1.54, 1.807) is 0 Å². The summed E-state index contributed by atoms with van der Waals surface area (Å²) < 4.78 is 12.1. The lowest BCUT2D eigenvalue weighted by Crippen LogP contribution is -2.67. The molecule has 2 N–H and O–H groups in total. The van der Waals surface area contributed by atoms with Crippen LogP contribution in [-0.4, -0.2) is 40.1 Å². The van der Waals surface area contributed by atoms with Crippen LogP contribution in [0.1, 0.15) is 40.5 Å². The highest BCUT2D eigenvalue weighted by atomic mass is 28.4. The van der Waals surface area contributed by atoms with E-state index in [4.69, 9.17) is 9.16 Å². The van der Waals surface area contributed by atoms with E-state index in [0.717, 1.165) is 19.4 Å². The molecule has 1 fully saturated rings. The summed E-state index contributed by atoms with van der Waals surface area (Å²) in [5.41, 5.74) is 0. The Balaban J connectivity index is 1.59. The molecule has 1 aliphatic rings. The minimum Gasteiger partial charge on any atom is -0.501 e. The molecule has 178 valence electrons. The highest BCUT2D eigenvalue weighted by Gasteiger charge is 2.50. The van der Waals surface area contributed by atoms with Crippen molar-refractivity contribution < 1.29 is 14.0 Å². The number of carbonyl (C=O) groups is 1. The second kappa shape index (κ2) is 11.6. The quantitative estimate of drug-likeness (QED) is 0.230. The molecule has 0 aliphatic heterocycles. The zero-order chi connectivity index (χ0) is 23.7. The molecule has 0 aromatic heterocycles. The van der Waals surface area contributed by atoms with E-state index in [1.165, 1.54) is 22.7 Å². The van der Waals surface area contributed by atoms with Gasteiger partial charge in [0.05, 0.1) is 19.5 Å². The van der Waals surface area contributed by atoms with Crippen molar-refractivity contribution in [2.45, 2.75) is 51.6 Å². The molecule has 0 spiro atoms. The fraction of sp³-hybridized carbons (Fsp3) is 0.444. The van der Waals surface area contributed by atoms with E-state index in [0.29, 0.717) is 25.2 Å². The summed E-state index contributed by atoms with van der Waals surface area (Å²) in [6.45, 7) is 10.6. The van der Waals surface area contributed by atoms with Crippen molar-refractivity contribution in [2.24, 2.45) is 5.92 Å². The summed E-state index contributed by atoms with van der Waals surface area (Å²) in [5.74, 6) is 0.375. The molecule has 2 aromatic rings. The molecule has 1 aliphatic carbocycles. The highest BCUT2D eigenvalue weighted by molar-refractivity contribution is 6.99. The number of hydrogen-bond donors (Lipinski definition) is 2.